The summed E-state index contributed by atoms with van der Waals surface area (Å²) >= 11 is 0. The van der Waals surface area contributed by atoms with Crippen molar-refractivity contribution in [3.63, 3.8) is 0 Å². The fourth-order valence-corrected chi connectivity index (χ4v) is 2.29. The zero-order valence-corrected chi connectivity index (χ0v) is 9.57. The standard InChI is InChI=1S/C12H13F3N2O/c13-12(14,15)11(18)17-7-8(5-6-16)9-3-1-2-4-10(9)17/h1-4,8H,5-7,16H2. The third-order valence-corrected chi connectivity index (χ3v) is 3.07. The van der Waals surface area contributed by atoms with E-state index >= 15 is 0 Å². The number of halogens is 3. The van der Waals surface area contributed by atoms with Gasteiger partial charge in [0.1, 0.15) is 0 Å². The molecule has 0 spiro atoms. The van der Waals surface area contributed by atoms with E-state index in [1.54, 1.807) is 18.2 Å². The molecular formula is C12H13F3N2O. The Bertz CT molecular complexity index is 459. The second kappa shape index (κ2) is 4.61. The number of hydrogen-bond donors (Lipinski definition) is 1. The molecule has 1 amide bonds. The van der Waals surface area contributed by atoms with Gasteiger partial charge in [-0.1, -0.05) is 18.2 Å². The molecule has 0 bridgehead atoms. The highest BCUT2D eigenvalue weighted by molar-refractivity contribution is 5.99. The summed E-state index contributed by atoms with van der Waals surface area (Å²) in [5, 5.41) is 0. The molecule has 0 saturated heterocycles. The average Bonchev–Trinajstić information content (AvgIpc) is 2.67. The molecule has 0 aromatic heterocycles. The summed E-state index contributed by atoms with van der Waals surface area (Å²) in [5.41, 5.74) is 6.56. The molecule has 1 heterocycles. The molecule has 0 saturated carbocycles. The minimum Gasteiger partial charge on any atom is -0.330 e. The molecule has 1 aliphatic heterocycles. The van der Waals surface area contributed by atoms with Crippen molar-refractivity contribution in [1.29, 1.82) is 0 Å². The van der Waals surface area contributed by atoms with Crippen LogP contribution in [0, 0.1) is 0 Å². The first-order chi connectivity index (χ1) is 8.45. The van der Waals surface area contributed by atoms with E-state index in [1.807, 2.05) is 0 Å². The molecule has 1 aliphatic rings. The van der Waals surface area contributed by atoms with Crippen LogP contribution in [-0.4, -0.2) is 25.2 Å². The first-order valence-electron chi connectivity index (χ1n) is 5.63. The topological polar surface area (TPSA) is 46.3 Å². The SMILES string of the molecule is NCCC1CN(C(=O)C(F)(F)F)c2ccccc21. The van der Waals surface area contributed by atoms with Gasteiger partial charge >= 0.3 is 12.1 Å². The number of carbonyl (C=O) groups excluding carboxylic acids is 1. The number of nitrogens with two attached hydrogens (primary N) is 1. The van der Waals surface area contributed by atoms with Gasteiger partial charge in [-0.05, 0) is 24.6 Å². The number of para-hydroxylation sites is 1. The van der Waals surface area contributed by atoms with Gasteiger partial charge in [-0.25, -0.2) is 0 Å². The lowest BCUT2D eigenvalue weighted by atomic mass is 9.98. The Balaban J connectivity index is 2.34. The Labute approximate surface area is 102 Å². The lowest BCUT2D eigenvalue weighted by molar-refractivity contribution is -0.170. The zero-order valence-electron chi connectivity index (χ0n) is 9.57. The number of rotatable bonds is 2. The molecule has 1 atom stereocenters. The second-order valence-electron chi connectivity index (χ2n) is 4.25. The van der Waals surface area contributed by atoms with Gasteiger partial charge in [0.15, 0.2) is 0 Å². The maximum absolute atomic E-state index is 12.5. The summed E-state index contributed by atoms with van der Waals surface area (Å²) in [6, 6.07) is 6.67. The molecule has 1 unspecified atom stereocenters. The monoisotopic (exact) mass is 258 g/mol. The molecule has 1 aromatic carbocycles. The minimum absolute atomic E-state index is 0.0505. The largest absolute Gasteiger partial charge is 0.471 e. The Morgan fingerprint density at radius 1 is 1.39 bits per heavy atom. The Kier molecular flexibility index (Phi) is 3.30. The van der Waals surface area contributed by atoms with Crippen molar-refractivity contribution < 1.29 is 18.0 Å². The molecule has 0 radical (unpaired) electrons. The summed E-state index contributed by atoms with van der Waals surface area (Å²) in [6.07, 6.45) is -4.27. The highest BCUT2D eigenvalue weighted by Crippen LogP contribution is 2.39. The first kappa shape index (κ1) is 12.9. The fraction of sp³-hybridized carbons (Fsp3) is 0.417. The van der Waals surface area contributed by atoms with Crippen molar-refractivity contribution in [3.05, 3.63) is 29.8 Å². The zero-order chi connectivity index (χ0) is 13.3. The van der Waals surface area contributed by atoms with E-state index in [1.165, 1.54) is 6.07 Å². The molecule has 3 nitrogen and oxygen atoms in total. The van der Waals surface area contributed by atoms with Gasteiger partial charge < -0.3 is 10.6 Å². The molecule has 2 rings (SSSR count). The van der Waals surface area contributed by atoms with Gasteiger partial charge in [0.05, 0.1) is 0 Å². The maximum Gasteiger partial charge on any atom is 0.471 e. The summed E-state index contributed by atoms with van der Waals surface area (Å²) in [6.45, 7) is 0.432. The number of fused-ring (bicyclic) bond motifs is 1. The predicted octanol–water partition coefficient (Wildman–Crippen LogP) is 2.03. The van der Waals surface area contributed by atoms with Crippen LogP contribution >= 0.6 is 0 Å². The van der Waals surface area contributed by atoms with Crippen LogP contribution in [0.4, 0.5) is 18.9 Å². The number of hydrogen-bond acceptors (Lipinski definition) is 2. The summed E-state index contributed by atoms with van der Waals surface area (Å²) in [4.78, 5) is 12.2. The number of carbonyl (C=O) groups is 1. The van der Waals surface area contributed by atoms with Gasteiger partial charge in [0.2, 0.25) is 0 Å². The molecule has 2 N–H and O–H groups in total. The maximum atomic E-state index is 12.5. The average molecular weight is 258 g/mol. The molecule has 1 aromatic rings. The van der Waals surface area contributed by atoms with Crippen LogP contribution in [0.15, 0.2) is 24.3 Å². The lowest BCUT2D eigenvalue weighted by Crippen LogP contribution is -2.40. The molecule has 0 aliphatic carbocycles. The number of benzene rings is 1. The van der Waals surface area contributed by atoms with Crippen LogP contribution in [-0.2, 0) is 4.79 Å². The Hall–Kier alpha value is -1.56. The summed E-state index contributed by atoms with van der Waals surface area (Å²) in [7, 11) is 0. The van der Waals surface area contributed by atoms with Crippen LogP contribution in [0.2, 0.25) is 0 Å². The van der Waals surface area contributed by atoms with E-state index in [0.717, 1.165) is 10.5 Å². The molecule has 18 heavy (non-hydrogen) atoms. The van der Waals surface area contributed by atoms with Gasteiger partial charge in [-0.15, -0.1) is 0 Å². The number of alkyl halides is 3. The highest BCUT2D eigenvalue weighted by Gasteiger charge is 2.46. The fourth-order valence-electron chi connectivity index (χ4n) is 2.29. The Morgan fingerprint density at radius 2 is 2.06 bits per heavy atom. The number of nitrogens with zero attached hydrogens (tertiary/aromatic N) is 1. The van der Waals surface area contributed by atoms with E-state index in [0.29, 0.717) is 18.7 Å². The number of amides is 1. The van der Waals surface area contributed by atoms with Crippen LogP contribution in [0.25, 0.3) is 0 Å². The third-order valence-electron chi connectivity index (χ3n) is 3.07. The Morgan fingerprint density at radius 3 is 2.67 bits per heavy atom. The summed E-state index contributed by atoms with van der Waals surface area (Å²) < 4.78 is 37.5. The van der Waals surface area contributed by atoms with E-state index in [4.69, 9.17) is 5.73 Å². The molecule has 98 valence electrons. The normalized spacial score (nSPS) is 18.9. The third kappa shape index (κ3) is 2.20. The van der Waals surface area contributed by atoms with Crippen molar-refractivity contribution in [1.82, 2.24) is 0 Å². The second-order valence-corrected chi connectivity index (χ2v) is 4.25. The molecular weight excluding hydrogens is 245 g/mol. The quantitative estimate of drug-likeness (QED) is 0.882. The first-order valence-corrected chi connectivity index (χ1v) is 5.63. The number of anilines is 1. The summed E-state index contributed by atoms with van der Waals surface area (Å²) in [5.74, 6) is -1.92. The van der Waals surface area contributed by atoms with Crippen LogP contribution in [0.5, 0.6) is 0 Å². The van der Waals surface area contributed by atoms with E-state index in [-0.39, 0.29) is 12.5 Å². The smallest absolute Gasteiger partial charge is 0.330 e. The lowest BCUT2D eigenvalue weighted by Gasteiger charge is -2.19. The van der Waals surface area contributed by atoms with Crippen LogP contribution in [0.3, 0.4) is 0 Å². The van der Waals surface area contributed by atoms with Crippen molar-refractivity contribution >= 4 is 11.6 Å². The van der Waals surface area contributed by atoms with Crippen LogP contribution < -0.4 is 10.6 Å². The van der Waals surface area contributed by atoms with E-state index in [2.05, 4.69) is 0 Å². The van der Waals surface area contributed by atoms with Gasteiger partial charge in [-0.2, -0.15) is 13.2 Å². The minimum atomic E-state index is -4.84. The van der Waals surface area contributed by atoms with Gasteiger partial charge in [0, 0.05) is 18.2 Å². The van der Waals surface area contributed by atoms with Gasteiger partial charge in [0.25, 0.3) is 0 Å². The van der Waals surface area contributed by atoms with Crippen molar-refractivity contribution in [2.75, 3.05) is 18.0 Å². The highest BCUT2D eigenvalue weighted by atomic mass is 19.4. The van der Waals surface area contributed by atoms with Crippen molar-refractivity contribution in [2.45, 2.75) is 18.5 Å². The van der Waals surface area contributed by atoms with Crippen molar-refractivity contribution in [2.24, 2.45) is 5.73 Å². The van der Waals surface area contributed by atoms with Crippen molar-refractivity contribution in [3.8, 4) is 0 Å². The predicted molar refractivity (Wildman–Crippen MR) is 61.3 cm³/mol. The molecule has 6 heteroatoms. The van der Waals surface area contributed by atoms with E-state index < -0.39 is 12.1 Å². The van der Waals surface area contributed by atoms with E-state index in [9.17, 15) is 18.0 Å². The van der Waals surface area contributed by atoms with Crippen LogP contribution in [0.1, 0.15) is 17.9 Å². The molecule has 0 fully saturated rings. The van der Waals surface area contributed by atoms with Gasteiger partial charge in [-0.3, -0.25) is 4.79 Å².